The summed E-state index contributed by atoms with van der Waals surface area (Å²) < 4.78 is 14.1. The lowest BCUT2D eigenvalue weighted by molar-refractivity contribution is 0.326. The molecular weight excluding hydrogens is 247 g/mol. The van der Waals surface area contributed by atoms with Crippen molar-refractivity contribution in [3.63, 3.8) is 0 Å². The van der Waals surface area contributed by atoms with Crippen molar-refractivity contribution in [1.82, 2.24) is 4.98 Å². The fourth-order valence-electron chi connectivity index (χ4n) is 1.27. The third-order valence-electron chi connectivity index (χ3n) is 2.47. The maximum Gasteiger partial charge on any atom is 0.128 e. The first-order valence-electron chi connectivity index (χ1n) is 4.64. The zero-order valence-electron chi connectivity index (χ0n) is 7.98. The first kappa shape index (κ1) is 9.90. The number of hydrogen-bond acceptors (Lipinski definition) is 2. The van der Waals surface area contributed by atoms with Gasteiger partial charge in [-0.3, -0.25) is 0 Å². The fourth-order valence-corrected chi connectivity index (χ4v) is 1.72. The molecular formula is C10H12BrFN2. The van der Waals surface area contributed by atoms with E-state index in [4.69, 9.17) is 0 Å². The topological polar surface area (TPSA) is 24.9 Å². The SMILES string of the molecule is Cc1cc(Br)ncc1NCC1(F)CC1. The largest absolute Gasteiger partial charge is 0.380 e. The second-order valence-electron chi connectivity index (χ2n) is 3.83. The van der Waals surface area contributed by atoms with Gasteiger partial charge in [-0.25, -0.2) is 9.37 Å². The summed E-state index contributed by atoms with van der Waals surface area (Å²) in [5.41, 5.74) is 1.03. The lowest BCUT2D eigenvalue weighted by Crippen LogP contribution is -2.16. The van der Waals surface area contributed by atoms with Gasteiger partial charge in [0.25, 0.3) is 0 Å². The summed E-state index contributed by atoms with van der Waals surface area (Å²) in [4.78, 5) is 4.09. The number of alkyl halides is 1. The summed E-state index contributed by atoms with van der Waals surface area (Å²) >= 11 is 3.29. The maximum absolute atomic E-state index is 13.3. The molecule has 0 radical (unpaired) electrons. The van der Waals surface area contributed by atoms with Crippen LogP contribution in [0.2, 0.25) is 0 Å². The normalized spacial score (nSPS) is 17.9. The molecule has 1 saturated carbocycles. The number of nitrogens with zero attached hydrogens (tertiary/aromatic N) is 1. The van der Waals surface area contributed by atoms with Gasteiger partial charge in [0.2, 0.25) is 0 Å². The second-order valence-corrected chi connectivity index (χ2v) is 4.64. The molecule has 2 nitrogen and oxygen atoms in total. The van der Waals surface area contributed by atoms with E-state index in [1.54, 1.807) is 6.20 Å². The number of halogens is 2. The molecule has 2 rings (SSSR count). The average molecular weight is 259 g/mol. The first-order chi connectivity index (χ1) is 6.59. The van der Waals surface area contributed by atoms with E-state index in [1.807, 2.05) is 13.0 Å². The Bertz CT molecular complexity index is 350. The second kappa shape index (κ2) is 3.50. The van der Waals surface area contributed by atoms with Crippen molar-refractivity contribution in [1.29, 1.82) is 0 Å². The summed E-state index contributed by atoms with van der Waals surface area (Å²) in [6, 6.07) is 1.92. The van der Waals surface area contributed by atoms with Gasteiger partial charge in [-0.2, -0.15) is 0 Å². The van der Waals surface area contributed by atoms with Crippen molar-refractivity contribution < 1.29 is 4.39 Å². The number of aromatic nitrogens is 1. The van der Waals surface area contributed by atoms with Gasteiger partial charge in [-0.1, -0.05) is 0 Å². The maximum atomic E-state index is 13.3. The predicted molar refractivity (Wildman–Crippen MR) is 58.2 cm³/mol. The Labute approximate surface area is 91.1 Å². The molecule has 0 saturated heterocycles. The highest BCUT2D eigenvalue weighted by molar-refractivity contribution is 9.10. The molecule has 0 unspecified atom stereocenters. The van der Waals surface area contributed by atoms with Gasteiger partial charge >= 0.3 is 0 Å². The molecule has 1 heterocycles. The van der Waals surface area contributed by atoms with Gasteiger partial charge in [-0.05, 0) is 47.3 Å². The van der Waals surface area contributed by atoms with Crippen LogP contribution in [0.25, 0.3) is 0 Å². The molecule has 4 heteroatoms. The Balaban J connectivity index is 2.02. The molecule has 76 valence electrons. The Kier molecular flexibility index (Phi) is 2.47. The van der Waals surface area contributed by atoms with Crippen molar-refractivity contribution in [2.75, 3.05) is 11.9 Å². The molecule has 1 fully saturated rings. The zero-order valence-corrected chi connectivity index (χ0v) is 9.57. The molecule has 14 heavy (non-hydrogen) atoms. The summed E-state index contributed by atoms with van der Waals surface area (Å²) in [6.07, 6.45) is 3.09. The minimum Gasteiger partial charge on any atom is -0.380 e. The Hall–Kier alpha value is -0.640. The van der Waals surface area contributed by atoms with E-state index in [2.05, 4.69) is 26.2 Å². The van der Waals surface area contributed by atoms with E-state index in [0.29, 0.717) is 19.4 Å². The Morgan fingerprint density at radius 1 is 1.64 bits per heavy atom. The van der Waals surface area contributed by atoms with E-state index in [1.165, 1.54) is 0 Å². The zero-order chi connectivity index (χ0) is 10.2. The molecule has 0 amide bonds. The van der Waals surface area contributed by atoms with Gasteiger partial charge in [0.15, 0.2) is 0 Å². The van der Waals surface area contributed by atoms with Crippen molar-refractivity contribution in [2.45, 2.75) is 25.4 Å². The first-order valence-corrected chi connectivity index (χ1v) is 5.43. The molecule has 0 atom stereocenters. The molecule has 0 bridgehead atoms. The van der Waals surface area contributed by atoms with Crippen LogP contribution >= 0.6 is 15.9 Å². The van der Waals surface area contributed by atoms with Crippen LogP contribution in [0.5, 0.6) is 0 Å². The Morgan fingerprint density at radius 2 is 2.36 bits per heavy atom. The van der Waals surface area contributed by atoms with E-state index < -0.39 is 5.67 Å². The van der Waals surface area contributed by atoms with Gasteiger partial charge in [0.1, 0.15) is 10.3 Å². The Morgan fingerprint density at radius 3 is 2.93 bits per heavy atom. The molecule has 1 N–H and O–H groups in total. The summed E-state index contributed by atoms with van der Waals surface area (Å²) in [7, 11) is 0. The fraction of sp³-hybridized carbons (Fsp3) is 0.500. The third kappa shape index (κ3) is 2.23. The van der Waals surface area contributed by atoms with Crippen molar-refractivity contribution in [2.24, 2.45) is 0 Å². The molecule has 1 aromatic heterocycles. The van der Waals surface area contributed by atoms with Crippen LogP contribution in [0.15, 0.2) is 16.9 Å². The van der Waals surface area contributed by atoms with Crippen LogP contribution in [0, 0.1) is 6.92 Å². The number of pyridine rings is 1. The van der Waals surface area contributed by atoms with Crippen LogP contribution in [0.4, 0.5) is 10.1 Å². The quantitative estimate of drug-likeness (QED) is 0.844. The van der Waals surface area contributed by atoms with Crippen LogP contribution < -0.4 is 5.32 Å². The molecule has 1 aromatic rings. The average Bonchev–Trinajstić information content (AvgIpc) is 2.83. The molecule has 1 aliphatic carbocycles. The van der Waals surface area contributed by atoms with Gasteiger partial charge in [0.05, 0.1) is 11.9 Å². The van der Waals surface area contributed by atoms with Crippen LogP contribution in [-0.2, 0) is 0 Å². The lowest BCUT2D eigenvalue weighted by atomic mass is 10.2. The number of rotatable bonds is 3. The van der Waals surface area contributed by atoms with Crippen LogP contribution in [-0.4, -0.2) is 17.2 Å². The smallest absolute Gasteiger partial charge is 0.128 e. The molecule has 0 aliphatic heterocycles. The van der Waals surface area contributed by atoms with Gasteiger partial charge < -0.3 is 5.32 Å². The number of hydrogen-bond donors (Lipinski definition) is 1. The number of nitrogens with one attached hydrogen (secondary N) is 1. The van der Waals surface area contributed by atoms with Crippen LogP contribution in [0.1, 0.15) is 18.4 Å². The summed E-state index contributed by atoms with van der Waals surface area (Å²) in [6.45, 7) is 2.38. The monoisotopic (exact) mass is 258 g/mol. The third-order valence-corrected chi connectivity index (χ3v) is 2.90. The predicted octanol–water partition coefficient (Wildman–Crippen LogP) is 3.07. The minimum absolute atomic E-state index is 0.400. The molecule has 1 aliphatic rings. The van der Waals surface area contributed by atoms with Crippen LogP contribution in [0.3, 0.4) is 0 Å². The van der Waals surface area contributed by atoms with Gasteiger partial charge in [0, 0.05) is 6.54 Å². The van der Waals surface area contributed by atoms with E-state index in [9.17, 15) is 4.39 Å². The highest BCUT2D eigenvalue weighted by atomic mass is 79.9. The highest BCUT2D eigenvalue weighted by Crippen LogP contribution is 2.39. The number of anilines is 1. The van der Waals surface area contributed by atoms with E-state index in [-0.39, 0.29) is 0 Å². The molecule has 0 spiro atoms. The molecule has 0 aromatic carbocycles. The number of aryl methyl sites for hydroxylation is 1. The van der Waals surface area contributed by atoms with Crippen molar-refractivity contribution in [3.8, 4) is 0 Å². The van der Waals surface area contributed by atoms with Crippen molar-refractivity contribution >= 4 is 21.6 Å². The van der Waals surface area contributed by atoms with Crippen molar-refractivity contribution in [3.05, 3.63) is 22.4 Å². The minimum atomic E-state index is -0.959. The lowest BCUT2D eigenvalue weighted by Gasteiger charge is -2.10. The standard InChI is InChI=1S/C10H12BrFN2/c1-7-4-9(11)13-5-8(7)14-6-10(12)2-3-10/h4-5,14H,2-3,6H2,1H3. The van der Waals surface area contributed by atoms with E-state index in [0.717, 1.165) is 15.9 Å². The van der Waals surface area contributed by atoms with Gasteiger partial charge in [-0.15, -0.1) is 0 Å². The van der Waals surface area contributed by atoms with E-state index >= 15 is 0 Å². The highest BCUT2D eigenvalue weighted by Gasteiger charge is 2.42. The summed E-state index contributed by atoms with van der Waals surface area (Å²) in [5, 5.41) is 3.08. The summed E-state index contributed by atoms with van der Waals surface area (Å²) in [5.74, 6) is 0.